The lowest BCUT2D eigenvalue weighted by Gasteiger charge is -2.18. The van der Waals surface area contributed by atoms with Gasteiger partial charge in [0.25, 0.3) is 5.91 Å². The molecule has 0 radical (unpaired) electrons. The molecule has 1 aliphatic rings. The number of thiocarbonyl (C=S) groups is 1. The maximum atomic E-state index is 13.1. The van der Waals surface area contributed by atoms with E-state index in [2.05, 4.69) is 0 Å². The smallest absolute Gasteiger partial charge is 0.270 e. The molecule has 4 rings (SSSR count). The van der Waals surface area contributed by atoms with Gasteiger partial charge in [0.05, 0.1) is 17.2 Å². The molecule has 6 heteroatoms. The second-order valence-corrected chi connectivity index (χ2v) is 9.34. The van der Waals surface area contributed by atoms with Crippen LogP contribution in [-0.4, -0.2) is 16.8 Å². The zero-order valence-corrected chi connectivity index (χ0v) is 20.4. The van der Waals surface area contributed by atoms with Gasteiger partial charge in [-0.2, -0.15) is 0 Å². The van der Waals surface area contributed by atoms with Crippen molar-refractivity contribution in [3.8, 4) is 11.5 Å². The Hall–Kier alpha value is -3.09. The van der Waals surface area contributed by atoms with Crippen molar-refractivity contribution >= 4 is 46.0 Å². The fourth-order valence-electron chi connectivity index (χ4n) is 3.50. The van der Waals surface area contributed by atoms with Crippen molar-refractivity contribution in [3.63, 3.8) is 0 Å². The molecule has 3 aromatic rings. The molecule has 0 bridgehead atoms. The van der Waals surface area contributed by atoms with Crippen LogP contribution in [-0.2, 0) is 4.79 Å². The fraction of sp³-hybridized carbons (Fsp3) is 0.185. The average Bonchev–Trinajstić information content (AvgIpc) is 3.09. The van der Waals surface area contributed by atoms with Crippen LogP contribution >= 0.6 is 24.0 Å². The summed E-state index contributed by atoms with van der Waals surface area (Å²) in [5, 5.41) is 0. The number of thioether (sulfide) groups is 1. The first-order valence-electron chi connectivity index (χ1n) is 10.8. The van der Waals surface area contributed by atoms with E-state index >= 15 is 0 Å². The SMILES string of the molecule is CCOc1cc(/C=C2\SC(=S)N(c3ccc(C)cc3)C2=O)ccc1O[C@H](C)c1ccccc1. The van der Waals surface area contributed by atoms with Crippen molar-refractivity contribution < 1.29 is 14.3 Å². The molecule has 1 heterocycles. The topological polar surface area (TPSA) is 38.8 Å². The second kappa shape index (κ2) is 10.2. The van der Waals surface area contributed by atoms with Gasteiger partial charge < -0.3 is 9.47 Å². The van der Waals surface area contributed by atoms with Gasteiger partial charge in [-0.25, -0.2) is 0 Å². The number of rotatable bonds is 7. The van der Waals surface area contributed by atoms with Crippen LogP contribution in [0.3, 0.4) is 0 Å². The first kappa shape index (κ1) is 23.1. The molecule has 0 aliphatic carbocycles. The van der Waals surface area contributed by atoms with Gasteiger partial charge in [0.15, 0.2) is 15.8 Å². The van der Waals surface area contributed by atoms with Gasteiger partial charge in [0, 0.05) is 0 Å². The number of hydrogen-bond donors (Lipinski definition) is 0. The summed E-state index contributed by atoms with van der Waals surface area (Å²) < 4.78 is 12.6. The van der Waals surface area contributed by atoms with E-state index in [1.807, 2.05) is 99.6 Å². The van der Waals surface area contributed by atoms with Gasteiger partial charge >= 0.3 is 0 Å². The van der Waals surface area contributed by atoms with Crippen molar-refractivity contribution in [2.24, 2.45) is 0 Å². The largest absolute Gasteiger partial charge is 0.490 e. The van der Waals surface area contributed by atoms with Crippen LogP contribution in [0, 0.1) is 6.92 Å². The minimum Gasteiger partial charge on any atom is -0.490 e. The number of carbonyl (C=O) groups is 1. The summed E-state index contributed by atoms with van der Waals surface area (Å²) in [5.41, 5.74) is 3.85. The molecule has 0 saturated carbocycles. The van der Waals surface area contributed by atoms with E-state index in [0.717, 1.165) is 22.4 Å². The molecule has 168 valence electrons. The Morgan fingerprint density at radius 2 is 1.76 bits per heavy atom. The van der Waals surface area contributed by atoms with Crippen LogP contribution in [0.25, 0.3) is 6.08 Å². The molecule has 0 aromatic heterocycles. The Kier molecular flexibility index (Phi) is 7.16. The first-order chi connectivity index (χ1) is 16.0. The van der Waals surface area contributed by atoms with Gasteiger partial charge in [-0.15, -0.1) is 0 Å². The molecule has 0 N–H and O–H groups in total. The van der Waals surface area contributed by atoms with Crippen molar-refractivity contribution in [1.82, 2.24) is 0 Å². The highest BCUT2D eigenvalue weighted by Crippen LogP contribution is 2.38. The van der Waals surface area contributed by atoms with Gasteiger partial charge in [-0.1, -0.05) is 78.1 Å². The maximum Gasteiger partial charge on any atom is 0.270 e. The summed E-state index contributed by atoms with van der Waals surface area (Å²) in [7, 11) is 0. The van der Waals surface area contributed by atoms with E-state index in [1.54, 1.807) is 4.90 Å². The Balaban J connectivity index is 1.57. The van der Waals surface area contributed by atoms with Crippen LogP contribution in [0.15, 0.2) is 77.7 Å². The number of ether oxygens (including phenoxy) is 2. The Morgan fingerprint density at radius 3 is 2.45 bits per heavy atom. The molecule has 4 nitrogen and oxygen atoms in total. The monoisotopic (exact) mass is 475 g/mol. The molecule has 1 atom stereocenters. The molecule has 0 unspecified atom stereocenters. The number of amides is 1. The third-order valence-corrected chi connectivity index (χ3v) is 6.53. The summed E-state index contributed by atoms with van der Waals surface area (Å²) >= 11 is 6.79. The minimum absolute atomic E-state index is 0.121. The molecular formula is C27H25NO3S2. The zero-order valence-electron chi connectivity index (χ0n) is 18.8. The van der Waals surface area contributed by atoms with Crippen LogP contribution in [0.4, 0.5) is 5.69 Å². The zero-order chi connectivity index (χ0) is 23.4. The van der Waals surface area contributed by atoms with Gasteiger partial charge in [-0.05, 0) is 62.2 Å². The van der Waals surface area contributed by atoms with Crippen molar-refractivity contribution in [2.75, 3.05) is 11.5 Å². The third kappa shape index (κ3) is 5.29. The second-order valence-electron chi connectivity index (χ2n) is 7.66. The molecule has 1 fully saturated rings. The molecule has 33 heavy (non-hydrogen) atoms. The van der Waals surface area contributed by atoms with Crippen molar-refractivity contribution in [1.29, 1.82) is 0 Å². The van der Waals surface area contributed by atoms with Crippen LogP contribution in [0.5, 0.6) is 11.5 Å². The number of carbonyl (C=O) groups excluding carboxylic acids is 1. The average molecular weight is 476 g/mol. The van der Waals surface area contributed by atoms with Crippen LogP contribution < -0.4 is 14.4 Å². The number of aryl methyl sites for hydroxylation is 1. The number of benzene rings is 3. The Bertz CT molecular complexity index is 1190. The maximum absolute atomic E-state index is 13.1. The fourth-order valence-corrected chi connectivity index (χ4v) is 4.80. The minimum atomic E-state index is -0.123. The standard InChI is InChI=1S/C27H25NO3S2/c1-4-30-24-16-20(12-15-23(24)31-19(3)21-8-6-5-7-9-21)17-25-26(29)28(27(32)33-25)22-13-10-18(2)11-14-22/h5-17,19H,4H2,1-3H3/b25-17-/t19-/m1/s1. The number of hydrogen-bond acceptors (Lipinski definition) is 5. The van der Waals surface area contributed by atoms with Gasteiger partial charge in [0.1, 0.15) is 6.10 Å². The van der Waals surface area contributed by atoms with E-state index in [0.29, 0.717) is 27.3 Å². The van der Waals surface area contributed by atoms with E-state index in [-0.39, 0.29) is 12.0 Å². The van der Waals surface area contributed by atoms with E-state index in [4.69, 9.17) is 21.7 Å². The van der Waals surface area contributed by atoms with E-state index < -0.39 is 0 Å². The lowest BCUT2D eigenvalue weighted by molar-refractivity contribution is -0.113. The normalized spacial score (nSPS) is 15.7. The lowest BCUT2D eigenvalue weighted by Crippen LogP contribution is -2.27. The Labute approximate surface area is 204 Å². The van der Waals surface area contributed by atoms with Crippen molar-refractivity contribution in [3.05, 3.63) is 94.4 Å². The predicted octanol–water partition coefficient (Wildman–Crippen LogP) is 6.94. The lowest BCUT2D eigenvalue weighted by atomic mass is 10.1. The third-order valence-electron chi connectivity index (χ3n) is 5.22. The predicted molar refractivity (Wildman–Crippen MR) is 140 cm³/mol. The molecular weight excluding hydrogens is 450 g/mol. The highest BCUT2D eigenvalue weighted by atomic mass is 32.2. The summed E-state index contributed by atoms with van der Waals surface area (Å²) in [6.45, 7) is 6.46. The molecule has 3 aromatic carbocycles. The summed E-state index contributed by atoms with van der Waals surface area (Å²) in [4.78, 5) is 15.2. The summed E-state index contributed by atoms with van der Waals surface area (Å²) in [5.74, 6) is 1.19. The first-order valence-corrected chi connectivity index (χ1v) is 12.0. The number of nitrogens with zero attached hydrogens (tertiary/aromatic N) is 1. The highest BCUT2D eigenvalue weighted by molar-refractivity contribution is 8.27. The molecule has 1 saturated heterocycles. The van der Waals surface area contributed by atoms with Gasteiger partial charge in [-0.3, -0.25) is 9.69 Å². The van der Waals surface area contributed by atoms with Crippen LogP contribution in [0.2, 0.25) is 0 Å². The molecule has 1 amide bonds. The highest BCUT2D eigenvalue weighted by Gasteiger charge is 2.33. The number of anilines is 1. The van der Waals surface area contributed by atoms with Gasteiger partial charge in [0.2, 0.25) is 0 Å². The molecule has 0 spiro atoms. The van der Waals surface area contributed by atoms with E-state index in [1.165, 1.54) is 11.8 Å². The van der Waals surface area contributed by atoms with E-state index in [9.17, 15) is 4.79 Å². The Morgan fingerprint density at radius 1 is 1.03 bits per heavy atom. The van der Waals surface area contributed by atoms with Crippen molar-refractivity contribution in [2.45, 2.75) is 26.9 Å². The molecule has 1 aliphatic heterocycles. The summed E-state index contributed by atoms with van der Waals surface area (Å²) in [6, 6.07) is 23.5. The quantitative estimate of drug-likeness (QED) is 0.273. The van der Waals surface area contributed by atoms with Crippen LogP contribution in [0.1, 0.15) is 36.6 Å². The summed E-state index contributed by atoms with van der Waals surface area (Å²) in [6.07, 6.45) is 1.72.